The van der Waals surface area contributed by atoms with E-state index in [1.165, 1.54) is 6.42 Å². The summed E-state index contributed by atoms with van der Waals surface area (Å²) < 4.78 is 5.09. The van der Waals surface area contributed by atoms with Crippen molar-refractivity contribution in [1.82, 2.24) is 4.90 Å². The van der Waals surface area contributed by atoms with Crippen LogP contribution in [0, 0.1) is 11.8 Å². The third kappa shape index (κ3) is 2.56. The number of hydrogen-bond donors (Lipinski definition) is 1. The molecule has 4 nitrogen and oxygen atoms in total. The molecule has 2 atom stereocenters. The predicted octanol–water partition coefficient (Wildman–Crippen LogP) is 2.79. The average molecular weight is 222 g/mol. The molecule has 4 heteroatoms. The van der Waals surface area contributed by atoms with Crippen LogP contribution in [0.4, 0.5) is 10.7 Å². The van der Waals surface area contributed by atoms with E-state index in [1.54, 1.807) is 18.4 Å². The van der Waals surface area contributed by atoms with E-state index in [9.17, 15) is 4.79 Å². The van der Waals surface area contributed by atoms with Gasteiger partial charge in [0, 0.05) is 19.2 Å². The van der Waals surface area contributed by atoms with Crippen molar-refractivity contribution < 1.29 is 9.21 Å². The number of nitrogens with zero attached hydrogens (tertiary/aromatic N) is 1. The van der Waals surface area contributed by atoms with Gasteiger partial charge in [0.05, 0.1) is 6.26 Å². The molecule has 1 aliphatic heterocycles. The molecule has 1 N–H and O–H groups in total. The zero-order valence-electron chi connectivity index (χ0n) is 9.77. The molecule has 1 saturated heterocycles. The van der Waals surface area contributed by atoms with Crippen molar-refractivity contribution in [2.24, 2.45) is 11.8 Å². The summed E-state index contributed by atoms with van der Waals surface area (Å²) in [5, 5.41) is 2.75. The van der Waals surface area contributed by atoms with Crippen molar-refractivity contribution in [2.45, 2.75) is 20.3 Å². The second-order valence-corrected chi connectivity index (χ2v) is 4.76. The van der Waals surface area contributed by atoms with Crippen LogP contribution in [0.3, 0.4) is 0 Å². The minimum atomic E-state index is -0.0617. The number of carbonyl (C=O) groups is 1. The molecule has 0 spiro atoms. The maximum absolute atomic E-state index is 11.9. The van der Waals surface area contributed by atoms with Gasteiger partial charge in [-0.3, -0.25) is 5.32 Å². The molecular formula is C12H18N2O2. The first-order valence-electron chi connectivity index (χ1n) is 5.74. The van der Waals surface area contributed by atoms with E-state index in [0.29, 0.717) is 17.7 Å². The number of rotatable bonds is 1. The van der Waals surface area contributed by atoms with Gasteiger partial charge in [-0.1, -0.05) is 13.8 Å². The third-order valence-electron chi connectivity index (χ3n) is 2.91. The first-order chi connectivity index (χ1) is 7.65. The SMILES string of the molecule is CC1CC(C)CN(C(=O)Nc2ccco2)C1. The highest BCUT2D eigenvalue weighted by Crippen LogP contribution is 2.21. The minimum Gasteiger partial charge on any atom is -0.449 e. The summed E-state index contributed by atoms with van der Waals surface area (Å²) in [4.78, 5) is 13.8. The lowest BCUT2D eigenvalue weighted by Crippen LogP contribution is -2.44. The summed E-state index contributed by atoms with van der Waals surface area (Å²) in [6.07, 6.45) is 2.75. The maximum atomic E-state index is 11.9. The van der Waals surface area contributed by atoms with E-state index in [0.717, 1.165) is 13.1 Å². The number of urea groups is 1. The van der Waals surface area contributed by atoms with Gasteiger partial charge in [-0.05, 0) is 24.3 Å². The first-order valence-corrected chi connectivity index (χ1v) is 5.74. The molecule has 0 saturated carbocycles. The van der Waals surface area contributed by atoms with Crippen LogP contribution in [-0.2, 0) is 0 Å². The molecule has 1 aromatic rings. The summed E-state index contributed by atoms with van der Waals surface area (Å²) in [5.74, 6) is 1.66. The van der Waals surface area contributed by atoms with E-state index in [2.05, 4.69) is 19.2 Å². The molecular weight excluding hydrogens is 204 g/mol. The third-order valence-corrected chi connectivity index (χ3v) is 2.91. The monoisotopic (exact) mass is 222 g/mol. The van der Waals surface area contributed by atoms with Gasteiger partial charge in [-0.15, -0.1) is 0 Å². The minimum absolute atomic E-state index is 0.0617. The van der Waals surface area contributed by atoms with Crippen LogP contribution in [0.1, 0.15) is 20.3 Å². The molecule has 1 aliphatic rings. The van der Waals surface area contributed by atoms with E-state index in [-0.39, 0.29) is 6.03 Å². The second kappa shape index (κ2) is 4.60. The highest BCUT2D eigenvalue weighted by Gasteiger charge is 2.25. The number of hydrogen-bond acceptors (Lipinski definition) is 2. The van der Waals surface area contributed by atoms with Gasteiger partial charge >= 0.3 is 6.03 Å². The molecule has 2 unspecified atom stereocenters. The van der Waals surface area contributed by atoms with Crippen LogP contribution in [0.5, 0.6) is 0 Å². The van der Waals surface area contributed by atoms with E-state index in [1.807, 2.05) is 4.90 Å². The molecule has 2 amide bonds. The molecule has 1 aromatic heterocycles. The average Bonchev–Trinajstić information content (AvgIpc) is 2.68. The van der Waals surface area contributed by atoms with Crippen LogP contribution < -0.4 is 5.32 Å². The Kier molecular flexibility index (Phi) is 3.17. The highest BCUT2D eigenvalue weighted by molar-refractivity contribution is 5.87. The lowest BCUT2D eigenvalue weighted by atomic mass is 9.92. The number of carbonyl (C=O) groups excluding carboxylic acids is 1. The number of anilines is 1. The normalized spacial score (nSPS) is 25.5. The number of nitrogens with one attached hydrogen (secondary N) is 1. The second-order valence-electron chi connectivity index (χ2n) is 4.76. The molecule has 2 rings (SSSR count). The number of furan rings is 1. The topological polar surface area (TPSA) is 45.5 Å². The molecule has 0 aliphatic carbocycles. The Labute approximate surface area is 95.6 Å². The predicted molar refractivity (Wildman–Crippen MR) is 62.2 cm³/mol. The summed E-state index contributed by atoms with van der Waals surface area (Å²) in [6.45, 7) is 6.03. The summed E-state index contributed by atoms with van der Waals surface area (Å²) in [5.41, 5.74) is 0. The van der Waals surface area contributed by atoms with Crippen LogP contribution in [0.15, 0.2) is 22.8 Å². The molecule has 2 heterocycles. The molecule has 88 valence electrons. The molecule has 1 fully saturated rings. The zero-order valence-corrected chi connectivity index (χ0v) is 9.77. The van der Waals surface area contributed by atoms with Crippen molar-refractivity contribution in [2.75, 3.05) is 18.4 Å². The van der Waals surface area contributed by atoms with Crippen molar-refractivity contribution in [3.8, 4) is 0 Å². The zero-order chi connectivity index (χ0) is 11.5. The molecule has 0 bridgehead atoms. The highest BCUT2D eigenvalue weighted by atomic mass is 16.3. The largest absolute Gasteiger partial charge is 0.449 e. The van der Waals surface area contributed by atoms with E-state index >= 15 is 0 Å². The fourth-order valence-electron chi connectivity index (χ4n) is 2.36. The van der Waals surface area contributed by atoms with Crippen molar-refractivity contribution in [3.63, 3.8) is 0 Å². The van der Waals surface area contributed by atoms with Gasteiger partial charge in [0.1, 0.15) is 0 Å². The Morgan fingerprint density at radius 1 is 1.44 bits per heavy atom. The molecule has 16 heavy (non-hydrogen) atoms. The van der Waals surface area contributed by atoms with Gasteiger partial charge in [0.15, 0.2) is 0 Å². The van der Waals surface area contributed by atoms with E-state index in [4.69, 9.17) is 4.42 Å². The van der Waals surface area contributed by atoms with Crippen LogP contribution >= 0.6 is 0 Å². The number of amides is 2. The van der Waals surface area contributed by atoms with Crippen molar-refractivity contribution in [3.05, 3.63) is 18.4 Å². The fourth-order valence-corrected chi connectivity index (χ4v) is 2.36. The van der Waals surface area contributed by atoms with Crippen LogP contribution in [-0.4, -0.2) is 24.0 Å². The Balaban J connectivity index is 1.94. The Morgan fingerprint density at radius 3 is 2.69 bits per heavy atom. The fraction of sp³-hybridized carbons (Fsp3) is 0.583. The Morgan fingerprint density at radius 2 is 2.12 bits per heavy atom. The number of piperidine rings is 1. The number of likely N-dealkylation sites (tertiary alicyclic amines) is 1. The quantitative estimate of drug-likeness (QED) is 0.794. The van der Waals surface area contributed by atoms with Crippen molar-refractivity contribution in [1.29, 1.82) is 0 Å². The standard InChI is InChI=1S/C12H18N2O2/c1-9-6-10(2)8-14(7-9)12(15)13-11-4-3-5-16-11/h3-5,9-10H,6-8H2,1-2H3,(H,13,15). The van der Waals surface area contributed by atoms with Crippen LogP contribution in [0.25, 0.3) is 0 Å². The Hall–Kier alpha value is -1.45. The van der Waals surface area contributed by atoms with E-state index < -0.39 is 0 Å². The van der Waals surface area contributed by atoms with Gasteiger partial charge in [0.25, 0.3) is 0 Å². The maximum Gasteiger partial charge on any atom is 0.324 e. The first kappa shape index (κ1) is 11.0. The van der Waals surface area contributed by atoms with Gasteiger partial charge in [0.2, 0.25) is 5.88 Å². The van der Waals surface area contributed by atoms with Gasteiger partial charge in [-0.25, -0.2) is 4.79 Å². The van der Waals surface area contributed by atoms with Crippen molar-refractivity contribution >= 4 is 11.9 Å². The summed E-state index contributed by atoms with van der Waals surface area (Å²) in [6, 6.07) is 3.44. The lowest BCUT2D eigenvalue weighted by molar-refractivity contribution is 0.156. The molecule has 0 radical (unpaired) electrons. The summed E-state index contributed by atoms with van der Waals surface area (Å²) in [7, 11) is 0. The van der Waals surface area contributed by atoms with Crippen LogP contribution in [0.2, 0.25) is 0 Å². The smallest absolute Gasteiger partial charge is 0.324 e. The van der Waals surface area contributed by atoms with Gasteiger partial charge < -0.3 is 9.32 Å². The molecule has 0 aromatic carbocycles. The summed E-state index contributed by atoms with van der Waals surface area (Å²) >= 11 is 0. The van der Waals surface area contributed by atoms with Gasteiger partial charge in [-0.2, -0.15) is 0 Å². The lowest BCUT2D eigenvalue weighted by Gasteiger charge is -2.34. The Bertz CT molecular complexity index is 338.